The zero-order valence-corrected chi connectivity index (χ0v) is 13.9. The summed E-state index contributed by atoms with van der Waals surface area (Å²) in [7, 11) is 2.05. The van der Waals surface area contributed by atoms with Gasteiger partial charge in [0.2, 0.25) is 0 Å². The van der Waals surface area contributed by atoms with Crippen molar-refractivity contribution in [3.8, 4) is 0 Å². The van der Waals surface area contributed by atoms with Gasteiger partial charge >= 0.3 is 6.09 Å². The molecule has 0 bridgehead atoms. The van der Waals surface area contributed by atoms with Crippen LogP contribution in [0.3, 0.4) is 0 Å². The number of carboxylic acid groups (broad SMARTS) is 1. The zero-order chi connectivity index (χ0) is 17.1. The third kappa shape index (κ3) is 3.25. The van der Waals surface area contributed by atoms with Crippen molar-refractivity contribution in [2.45, 2.75) is 19.3 Å². The summed E-state index contributed by atoms with van der Waals surface area (Å²) in [5.41, 5.74) is 4.46. The number of amides is 1. The molecule has 1 atom stereocenters. The molecule has 1 unspecified atom stereocenters. The lowest BCUT2D eigenvalue weighted by Crippen LogP contribution is -2.23. The summed E-state index contributed by atoms with van der Waals surface area (Å²) in [6.07, 6.45) is -0.296. The molecule has 0 saturated heterocycles. The molecule has 0 aliphatic carbocycles. The smallest absolute Gasteiger partial charge is 0.404 e. The molecule has 124 valence electrons. The van der Waals surface area contributed by atoms with Crippen LogP contribution in [-0.2, 0) is 13.5 Å². The SMILES string of the molecule is CC(c1ccc(CCNC(=O)O)cc1)c1nc2ccccc2n1C. The number of nitrogens with zero attached hydrogens (tertiary/aromatic N) is 2. The fourth-order valence-corrected chi connectivity index (χ4v) is 2.99. The van der Waals surface area contributed by atoms with Gasteiger partial charge in [-0.15, -0.1) is 0 Å². The minimum absolute atomic E-state index is 0.189. The van der Waals surface area contributed by atoms with E-state index in [0.29, 0.717) is 13.0 Å². The third-order valence-corrected chi connectivity index (χ3v) is 4.38. The summed E-state index contributed by atoms with van der Waals surface area (Å²) in [4.78, 5) is 15.2. The van der Waals surface area contributed by atoms with E-state index in [1.165, 1.54) is 5.56 Å². The molecular formula is C19H21N3O2. The maximum absolute atomic E-state index is 10.5. The van der Waals surface area contributed by atoms with Crippen LogP contribution in [0.2, 0.25) is 0 Å². The van der Waals surface area contributed by atoms with Crippen molar-refractivity contribution in [2.75, 3.05) is 6.54 Å². The first-order valence-electron chi connectivity index (χ1n) is 8.03. The lowest BCUT2D eigenvalue weighted by molar-refractivity contribution is 0.194. The minimum atomic E-state index is -0.984. The van der Waals surface area contributed by atoms with Crippen LogP contribution >= 0.6 is 0 Å². The lowest BCUT2D eigenvalue weighted by atomic mass is 9.98. The molecule has 0 spiro atoms. The fraction of sp³-hybridized carbons (Fsp3) is 0.263. The van der Waals surface area contributed by atoms with Gasteiger partial charge in [-0.2, -0.15) is 0 Å². The van der Waals surface area contributed by atoms with Crippen LogP contribution in [0.25, 0.3) is 11.0 Å². The molecule has 5 nitrogen and oxygen atoms in total. The van der Waals surface area contributed by atoms with Gasteiger partial charge in [0.25, 0.3) is 0 Å². The number of para-hydroxylation sites is 2. The number of hydrogen-bond acceptors (Lipinski definition) is 2. The van der Waals surface area contributed by atoms with E-state index in [1.54, 1.807) is 0 Å². The first kappa shape index (κ1) is 16.1. The Bertz CT molecular complexity index is 853. The molecule has 1 heterocycles. The summed E-state index contributed by atoms with van der Waals surface area (Å²) in [5.74, 6) is 1.23. The fourth-order valence-electron chi connectivity index (χ4n) is 2.99. The van der Waals surface area contributed by atoms with Crippen molar-refractivity contribution in [1.82, 2.24) is 14.9 Å². The summed E-state index contributed by atoms with van der Waals surface area (Å²) in [6.45, 7) is 2.58. The number of nitrogens with one attached hydrogen (secondary N) is 1. The molecule has 0 aliphatic heterocycles. The molecule has 3 rings (SSSR count). The number of aromatic nitrogens is 2. The summed E-state index contributed by atoms with van der Waals surface area (Å²) in [5, 5.41) is 11.0. The molecule has 3 aromatic rings. The van der Waals surface area contributed by atoms with Crippen LogP contribution < -0.4 is 5.32 Å². The molecule has 0 saturated carbocycles. The highest BCUT2D eigenvalue weighted by molar-refractivity contribution is 5.76. The van der Waals surface area contributed by atoms with Crippen LogP contribution in [0, 0.1) is 0 Å². The van der Waals surface area contributed by atoms with Gasteiger partial charge in [-0.3, -0.25) is 0 Å². The van der Waals surface area contributed by atoms with Crippen LogP contribution in [0.15, 0.2) is 48.5 Å². The molecule has 2 aromatic carbocycles. The number of fused-ring (bicyclic) bond motifs is 1. The number of hydrogen-bond donors (Lipinski definition) is 2. The van der Waals surface area contributed by atoms with E-state index in [1.807, 2.05) is 25.2 Å². The Morgan fingerprint density at radius 1 is 1.21 bits per heavy atom. The van der Waals surface area contributed by atoms with E-state index in [2.05, 4.69) is 47.1 Å². The lowest BCUT2D eigenvalue weighted by Gasteiger charge is -2.13. The normalized spacial score (nSPS) is 12.2. The second-order valence-corrected chi connectivity index (χ2v) is 5.96. The van der Waals surface area contributed by atoms with E-state index in [9.17, 15) is 4.79 Å². The van der Waals surface area contributed by atoms with E-state index >= 15 is 0 Å². The van der Waals surface area contributed by atoms with Gasteiger partial charge in [0.05, 0.1) is 11.0 Å². The topological polar surface area (TPSA) is 67.2 Å². The summed E-state index contributed by atoms with van der Waals surface area (Å²) in [6, 6.07) is 16.4. The largest absolute Gasteiger partial charge is 0.465 e. The maximum atomic E-state index is 10.5. The quantitative estimate of drug-likeness (QED) is 0.755. The van der Waals surface area contributed by atoms with Crippen molar-refractivity contribution in [2.24, 2.45) is 7.05 Å². The van der Waals surface area contributed by atoms with Gasteiger partial charge in [0, 0.05) is 19.5 Å². The van der Waals surface area contributed by atoms with Crippen molar-refractivity contribution >= 4 is 17.1 Å². The van der Waals surface area contributed by atoms with E-state index in [4.69, 9.17) is 10.1 Å². The molecule has 0 radical (unpaired) electrons. The van der Waals surface area contributed by atoms with Gasteiger partial charge in [-0.25, -0.2) is 9.78 Å². The number of rotatable bonds is 5. The first-order chi connectivity index (χ1) is 11.6. The van der Waals surface area contributed by atoms with Gasteiger partial charge in [0.15, 0.2) is 0 Å². The highest BCUT2D eigenvalue weighted by atomic mass is 16.4. The van der Waals surface area contributed by atoms with Crippen LogP contribution in [0.4, 0.5) is 4.79 Å². The third-order valence-electron chi connectivity index (χ3n) is 4.38. The summed E-state index contributed by atoms with van der Waals surface area (Å²) >= 11 is 0. The van der Waals surface area contributed by atoms with Crippen LogP contribution in [-0.4, -0.2) is 27.3 Å². The van der Waals surface area contributed by atoms with E-state index < -0.39 is 6.09 Å². The Kier molecular flexibility index (Phi) is 4.51. The minimum Gasteiger partial charge on any atom is -0.465 e. The van der Waals surface area contributed by atoms with Crippen LogP contribution in [0.5, 0.6) is 0 Å². The van der Waals surface area contributed by atoms with Crippen LogP contribution in [0.1, 0.15) is 29.8 Å². The second kappa shape index (κ2) is 6.74. The average molecular weight is 323 g/mol. The second-order valence-electron chi connectivity index (χ2n) is 5.96. The predicted octanol–water partition coefficient (Wildman–Crippen LogP) is 3.54. The van der Waals surface area contributed by atoms with Crippen molar-refractivity contribution in [3.05, 3.63) is 65.5 Å². The molecule has 0 fully saturated rings. The zero-order valence-electron chi connectivity index (χ0n) is 13.9. The number of imidazole rings is 1. The molecule has 2 N–H and O–H groups in total. The molecule has 5 heteroatoms. The average Bonchev–Trinajstić information content (AvgIpc) is 2.92. The van der Waals surface area contributed by atoms with Gasteiger partial charge in [-0.1, -0.05) is 43.3 Å². The molecular weight excluding hydrogens is 302 g/mol. The van der Waals surface area contributed by atoms with E-state index in [0.717, 1.165) is 22.4 Å². The Hall–Kier alpha value is -2.82. The Balaban J connectivity index is 1.77. The van der Waals surface area contributed by atoms with Crippen molar-refractivity contribution in [1.29, 1.82) is 0 Å². The Labute approximate surface area is 141 Å². The Morgan fingerprint density at radius 2 is 1.92 bits per heavy atom. The molecule has 0 aliphatic rings. The molecule has 1 aromatic heterocycles. The highest BCUT2D eigenvalue weighted by Crippen LogP contribution is 2.26. The predicted molar refractivity (Wildman–Crippen MR) is 94.4 cm³/mol. The molecule has 24 heavy (non-hydrogen) atoms. The monoisotopic (exact) mass is 323 g/mol. The van der Waals surface area contributed by atoms with Gasteiger partial charge < -0.3 is 15.0 Å². The molecule has 1 amide bonds. The van der Waals surface area contributed by atoms with Gasteiger partial charge in [0.1, 0.15) is 5.82 Å². The number of benzene rings is 2. The number of aryl methyl sites for hydroxylation is 1. The highest BCUT2D eigenvalue weighted by Gasteiger charge is 2.16. The number of carbonyl (C=O) groups is 1. The van der Waals surface area contributed by atoms with Gasteiger partial charge in [-0.05, 0) is 29.7 Å². The van der Waals surface area contributed by atoms with Crippen molar-refractivity contribution < 1.29 is 9.90 Å². The van der Waals surface area contributed by atoms with E-state index in [-0.39, 0.29) is 5.92 Å². The first-order valence-corrected chi connectivity index (χ1v) is 8.03. The maximum Gasteiger partial charge on any atom is 0.404 e. The standard InChI is InChI=1S/C19H21N3O2/c1-13(18-21-16-5-3-4-6-17(16)22(18)2)15-9-7-14(8-10-15)11-12-20-19(23)24/h3-10,13,20H,11-12H2,1-2H3,(H,23,24). The summed E-state index contributed by atoms with van der Waals surface area (Å²) < 4.78 is 2.14. The Morgan fingerprint density at radius 3 is 2.58 bits per heavy atom. The van der Waals surface area contributed by atoms with Crippen molar-refractivity contribution in [3.63, 3.8) is 0 Å².